The van der Waals surface area contributed by atoms with Crippen LogP contribution in [0.25, 0.3) is 0 Å². The molecule has 1 atom stereocenters. The Morgan fingerprint density at radius 1 is 1.08 bits per heavy atom. The third kappa shape index (κ3) is 3.88. The zero-order valence-corrected chi connectivity index (χ0v) is 15.9. The number of carbonyl (C=O) groups excluding carboxylic acids is 1. The smallest absolute Gasteiger partial charge is 0.265 e. The first-order chi connectivity index (χ1) is 12.5. The topological polar surface area (TPSA) is 56.8 Å². The second kappa shape index (κ2) is 7.87. The van der Waals surface area contributed by atoms with E-state index in [-0.39, 0.29) is 5.91 Å². The highest BCUT2D eigenvalue weighted by atomic mass is 35.5. The Balaban J connectivity index is 1.71. The summed E-state index contributed by atoms with van der Waals surface area (Å²) >= 11 is 6.09. The third-order valence-corrected chi connectivity index (χ3v) is 4.78. The molecule has 0 aliphatic heterocycles. The Bertz CT molecular complexity index is 822. The van der Waals surface area contributed by atoms with Gasteiger partial charge in [-0.2, -0.15) is 0 Å². The number of fused-ring (bicyclic) bond motifs is 1. The van der Waals surface area contributed by atoms with Crippen LogP contribution in [0.5, 0.6) is 17.2 Å². The van der Waals surface area contributed by atoms with Gasteiger partial charge in [0, 0.05) is 12.1 Å². The van der Waals surface area contributed by atoms with Gasteiger partial charge in [-0.05, 0) is 49.4 Å². The minimum absolute atomic E-state index is 0.284. The highest BCUT2D eigenvalue weighted by molar-refractivity contribution is 6.32. The Morgan fingerprint density at radius 2 is 1.81 bits per heavy atom. The maximum atomic E-state index is 12.5. The molecule has 2 aromatic rings. The van der Waals surface area contributed by atoms with Gasteiger partial charge in [0.05, 0.1) is 24.9 Å². The predicted octanol–water partition coefficient (Wildman–Crippen LogP) is 4.25. The van der Waals surface area contributed by atoms with Gasteiger partial charge in [0.15, 0.2) is 6.10 Å². The van der Waals surface area contributed by atoms with Gasteiger partial charge in [0.25, 0.3) is 5.91 Å². The van der Waals surface area contributed by atoms with Crippen molar-refractivity contribution in [3.8, 4) is 17.2 Å². The lowest BCUT2D eigenvalue weighted by Gasteiger charge is -2.17. The monoisotopic (exact) mass is 375 g/mol. The number of benzene rings is 2. The number of rotatable bonds is 6. The molecular formula is C20H22ClNO4. The average Bonchev–Trinajstić information content (AvgIpc) is 3.10. The summed E-state index contributed by atoms with van der Waals surface area (Å²) in [6, 6.07) is 9.25. The van der Waals surface area contributed by atoms with Gasteiger partial charge in [0.1, 0.15) is 17.2 Å². The molecule has 26 heavy (non-hydrogen) atoms. The number of hydrogen-bond donors (Lipinski definition) is 1. The highest BCUT2D eigenvalue weighted by Gasteiger charge is 2.19. The van der Waals surface area contributed by atoms with Gasteiger partial charge in [0.2, 0.25) is 0 Å². The zero-order chi connectivity index (χ0) is 18.7. The first kappa shape index (κ1) is 18.4. The van der Waals surface area contributed by atoms with E-state index in [0.29, 0.717) is 28.0 Å². The summed E-state index contributed by atoms with van der Waals surface area (Å²) in [7, 11) is 3.02. The Labute approximate surface area is 158 Å². The molecule has 3 rings (SSSR count). The van der Waals surface area contributed by atoms with Crippen molar-refractivity contribution in [3.63, 3.8) is 0 Å². The van der Waals surface area contributed by atoms with E-state index in [1.54, 1.807) is 19.1 Å². The van der Waals surface area contributed by atoms with Crippen LogP contribution in [0.3, 0.4) is 0 Å². The van der Waals surface area contributed by atoms with Crippen molar-refractivity contribution in [3.05, 3.63) is 46.5 Å². The summed E-state index contributed by atoms with van der Waals surface area (Å²) < 4.78 is 16.3. The molecule has 0 saturated heterocycles. The van der Waals surface area contributed by atoms with Crippen LogP contribution < -0.4 is 19.5 Å². The molecule has 0 radical (unpaired) electrons. The van der Waals surface area contributed by atoms with Crippen molar-refractivity contribution in [1.29, 1.82) is 0 Å². The molecule has 1 N–H and O–H groups in total. The summed E-state index contributed by atoms with van der Waals surface area (Å²) in [4.78, 5) is 12.5. The molecule has 0 spiro atoms. The molecule has 0 saturated carbocycles. The zero-order valence-electron chi connectivity index (χ0n) is 15.1. The van der Waals surface area contributed by atoms with Gasteiger partial charge in [-0.15, -0.1) is 0 Å². The molecule has 1 aliphatic carbocycles. The van der Waals surface area contributed by atoms with Gasteiger partial charge in [-0.1, -0.05) is 17.7 Å². The van der Waals surface area contributed by atoms with E-state index in [9.17, 15) is 4.79 Å². The molecule has 0 heterocycles. The molecule has 0 aromatic heterocycles. The first-order valence-electron chi connectivity index (χ1n) is 8.52. The lowest BCUT2D eigenvalue weighted by Crippen LogP contribution is -2.30. The van der Waals surface area contributed by atoms with Crippen LogP contribution in [0.1, 0.15) is 24.5 Å². The lowest BCUT2D eigenvalue weighted by molar-refractivity contribution is -0.122. The van der Waals surface area contributed by atoms with Gasteiger partial charge >= 0.3 is 0 Å². The number of anilines is 1. The molecule has 1 unspecified atom stereocenters. The molecule has 6 heteroatoms. The number of halogens is 1. The number of ether oxygens (including phenoxy) is 3. The van der Waals surface area contributed by atoms with Crippen molar-refractivity contribution in [1.82, 2.24) is 0 Å². The second-order valence-corrected chi connectivity index (χ2v) is 6.63. The van der Waals surface area contributed by atoms with Crippen molar-refractivity contribution in [2.24, 2.45) is 0 Å². The van der Waals surface area contributed by atoms with E-state index in [2.05, 4.69) is 11.4 Å². The van der Waals surface area contributed by atoms with Crippen LogP contribution in [0.2, 0.25) is 5.02 Å². The minimum Gasteiger partial charge on any atom is -0.495 e. The fraction of sp³-hybridized carbons (Fsp3) is 0.350. The molecule has 0 bridgehead atoms. The molecule has 5 nitrogen and oxygen atoms in total. The van der Waals surface area contributed by atoms with Gasteiger partial charge < -0.3 is 19.5 Å². The second-order valence-electron chi connectivity index (χ2n) is 6.22. The van der Waals surface area contributed by atoms with Crippen LogP contribution in [-0.4, -0.2) is 26.2 Å². The first-order valence-corrected chi connectivity index (χ1v) is 8.90. The lowest BCUT2D eigenvalue weighted by atomic mass is 10.1. The largest absolute Gasteiger partial charge is 0.495 e. The molecular weight excluding hydrogens is 354 g/mol. The van der Waals surface area contributed by atoms with E-state index >= 15 is 0 Å². The standard InChI is InChI=1S/C20H22ClNO4/c1-12(26-15-8-7-13-5-4-6-14(13)9-15)20(23)22-17-11-18(24-2)16(21)10-19(17)25-3/h7-12H,4-6H2,1-3H3,(H,22,23). The van der Waals surface area contributed by atoms with Gasteiger partial charge in [-0.25, -0.2) is 0 Å². The van der Waals surface area contributed by atoms with Crippen LogP contribution in [0.15, 0.2) is 30.3 Å². The molecule has 1 aliphatic rings. The number of amides is 1. The maximum Gasteiger partial charge on any atom is 0.265 e. The summed E-state index contributed by atoms with van der Waals surface area (Å²) in [5.74, 6) is 1.32. The molecule has 1 amide bonds. The van der Waals surface area contributed by atoms with Crippen LogP contribution in [0.4, 0.5) is 5.69 Å². The van der Waals surface area contributed by atoms with E-state index < -0.39 is 6.10 Å². The Kier molecular flexibility index (Phi) is 5.57. The third-order valence-electron chi connectivity index (χ3n) is 4.48. The molecule has 2 aromatic carbocycles. The van der Waals surface area contributed by atoms with Crippen LogP contribution in [-0.2, 0) is 17.6 Å². The summed E-state index contributed by atoms with van der Waals surface area (Å²) in [5, 5.41) is 3.22. The van der Waals surface area contributed by atoms with Crippen LogP contribution >= 0.6 is 11.6 Å². The predicted molar refractivity (Wildman–Crippen MR) is 102 cm³/mol. The summed E-state index contributed by atoms with van der Waals surface area (Å²) in [6.45, 7) is 1.71. The fourth-order valence-corrected chi connectivity index (χ4v) is 3.30. The minimum atomic E-state index is -0.666. The quantitative estimate of drug-likeness (QED) is 0.819. The van der Waals surface area contributed by atoms with E-state index in [4.69, 9.17) is 25.8 Å². The van der Waals surface area contributed by atoms with Crippen molar-refractivity contribution >= 4 is 23.2 Å². The van der Waals surface area contributed by atoms with Gasteiger partial charge in [-0.3, -0.25) is 4.79 Å². The van der Waals surface area contributed by atoms with E-state index in [1.807, 2.05) is 12.1 Å². The molecule has 138 valence electrons. The van der Waals surface area contributed by atoms with Crippen LogP contribution in [0, 0.1) is 0 Å². The van der Waals surface area contributed by atoms with E-state index in [0.717, 1.165) is 12.8 Å². The fourth-order valence-electron chi connectivity index (χ4n) is 3.07. The number of hydrogen-bond acceptors (Lipinski definition) is 4. The number of nitrogens with one attached hydrogen (secondary N) is 1. The SMILES string of the molecule is COc1cc(NC(=O)C(C)Oc2ccc3c(c2)CCC3)c(OC)cc1Cl. The van der Waals surface area contributed by atoms with Crippen molar-refractivity contribution < 1.29 is 19.0 Å². The Morgan fingerprint density at radius 3 is 2.54 bits per heavy atom. The average molecular weight is 376 g/mol. The number of methoxy groups -OCH3 is 2. The maximum absolute atomic E-state index is 12.5. The summed E-state index contributed by atoms with van der Waals surface area (Å²) in [6.07, 6.45) is 2.69. The highest BCUT2D eigenvalue weighted by Crippen LogP contribution is 2.36. The number of carbonyl (C=O) groups is 1. The summed E-state index contributed by atoms with van der Waals surface area (Å²) in [5.41, 5.74) is 3.15. The van der Waals surface area contributed by atoms with E-state index in [1.165, 1.54) is 31.8 Å². The van der Waals surface area contributed by atoms with Crippen molar-refractivity contribution in [2.75, 3.05) is 19.5 Å². The normalized spacial score (nSPS) is 13.7. The molecule has 0 fully saturated rings. The Hall–Kier alpha value is -2.40. The number of aryl methyl sites for hydroxylation is 2. The van der Waals surface area contributed by atoms with Crippen molar-refractivity contribution in [2.45, 2.75) is 32.3 Å².